The maximum absolute atomic E-state index is 14.0. The third-order valence-electron chi connectivity index (χ3n) is 13.2. The van der Waals surface area contributed by atoms with Crippen LogP contribution in [0.25, 0.3) is 0 Å². The quantitative estimate of drug-likeness (QED) is 0.0176. The predicted molar refractivity (Wildman–Crippen MR) is 333 cm³/mol. The number of methoxy groups -OCH3 is 2. The Kier molecular flexibility index (Phi) is 27.3. The van der Waals surface area contributed by atoms with Gasteiger partial charge in [-0.2, -0.15) is 0 Å². The van der Waals surface area contributed by atoms with Gasteiger partial charge in [0.1, 0.15) is 64.9 Å². The average molecular weight is 1260 g/mol. The summed E-state index contributed by atoms with van der Waals surface area (Å²) in [6.45, 7) is 29.1. The number of esters is 4. The number of hydrogen-bond donors (Lipinski definition) is 2. The minimum Gasteiger partial charge on any atom is -0.496 e. The molecular weight excluding hydrogens is 1170 g/mol. The van der Waals surface area contributed by atoms with Crippen molar-refractivity contribution < 1.29 is 89.8 Å². The number of carbonyl (C=O) groups is 4. The van der Waals surface area contributed by atoms with Crippen molar-refractivity contribution in [1.82, 2.24) is 0 Å². The summed E-state index contributed by atoms with van der Waals surface area (Å²) in [5.41, 5.74) is 6.94. The lowest BCUT2D eigenvalue weighted by Gasteiger charge is -2.23. The van der Waals surface area contributed by atoms with Crippen molar-refractivity contribution in [1.29, 1.82) is 0 Å². The summed E-state index contributed by atoms with van der Waals surface area (Å²) < 4.78 is 87.8. The first-order valence-electron chi connectivity index (χ1n) is 28.3. The van der Waals surface area contributed by atoms with Crippen LogP contribution in [-0.2, 0) is 68.2 Å². The van der Waals surface area contributed by atoms with E-state index in [4.69, 9.17) is 51.8 Å². The Hall–Kier alpha value is -6.19. The molecule has 0 saturated carbocycles. The van der Waals surface area contributed by atoms with Crippen molar-refractivity contribution in [3.05, 3.63) is 128 Å². The lowest BCUT2D eigenvalue weighted by molar-refractivity contribution is -0.152. The number of fused-ring (bicyclic) bond motifs is 2. The van der Waals surface area contributed by atoms with Crippen LogP contribution in [0.4, 0.5) is 0 Å². The molecule has 4 aromatic rings. The summed E-state index contributed by atoms with van der Waals surface area (Å²) in [6, 6.07) is 19.1. The van der Waals surface area contributed by atoms with Gasteiger partial charge in [0.2, 0.25) is 0 Å². The Morgan fingerprint density at radius 3 is 1.41 bits per heavy atom. The second kappa shape index (κ2) is 32.5. The molecule has 2 N–H and O–H groups in total. The normalized spacial score (nSPS) is 15.1. The molecule has 0 aromatic heterocycles. The van der Waals surface area contributed by atoms with Gasteiger partial charge in [-0.15, -0.1) is 0 Å². The number of hydrogen-bond acceptors (Lipinski definition) is 18. The molecule has 85 heavy (non-hydrogen) atoms. The molecule has 2 heterocycles. The third kappa shape index (κ3) is 21.9. The fraction of sp³-hybridized carbons (Fsp3) is 0.484. The van der Waals surface area contributed by atoms with Gasteiger partial charge in [0.05, 0.1) is 53.0 Å². The third-order valence-corrected chi connectivity index (χ3v) is 20.0. The number of para-hydroxylation sites is 2. The van der Waals surface area contributed by atoms with Gasteiger partial charge >= 0.3 is 39.1 Å². The number of benzene rings is 4. The fourth-order valence-electron chi connectivity index (χ4n) is 8.78. The zero-order valence-corrected chi connectivity index (χ0v) is 56.1. The van der Waals surface area contributed by atoms with Crippen LogP contribution in [0.15, 0.2) is 84.0 Å². The van der Waals surface area contributed by atoms with E-state index in [0.29, 0.717) is 95.0 Å². The second-order valence-corrected chi connectivity index (χ2v) is 37.9. The van der Waals surface area contributed by atoms with Crippen molar-refractivity contribution in [3.63, 3.8) is 0 Å². The molecule has 0 fully saturated rings. The van der Waals surface area contributed by atoms with Crippen molar-refractivity contribution in [2.24, 2.45) is 0 Å². The topological polar surface area (TPSA) is 244 Å². The first kappa shape index (κ1) is 71.3. The van der Waals surface area contributed by atoms with Crippen LogP contribution >= 0.6 is 15.2 Å². The van der Waals surface area contributed by atoms with E-state index in [9.17, 15) is 33.2 Å². The summed E-state index contributed by atoms with van der Waals surface area (Å²) in [5, 5.41) is 8.48. The minimum atomic E-state index is -3.89. The van der Waals surface area contributed by atoms with Gasteiger partial charge in [-0.05, 0) is 116 Å². The van der Waals surface area contributed by atoms with Crippen LogP contribution in [-0.4, -0.2) is 115 Å². The Morgan fingerprint density at radius 2 is 1.04 bits per heavy atom. The highest BCUT2D eigenvalue weighted by molar-refractivity contribution is 7.54. The Balaban J connectivity index is 0.000000326. The molecule has 0 amide bonds. The molecule has 23 heteroatoms. The lowest BCUT2D eigenvalue weighted by Crippen LogP contribution is -2.24. The van der Waals surface area contributed by atoms with Gasteiger partial charge in [-0.1, -0.05) is 99.0 Å². The van der Waals surface area contributed by atoms with Gasteiger partial charge in [0, 0.05) is 38.4 Å². The molecule has 4 aromatic carbocycles. The predicted octanol–water partition coefficient (Wildman–Crippen LogP) is 13.2. The van der Waals surface area contributed by atoms with E-state index in [1.54, 1.807) is 83.5 Å². The maximum atomic E-state index is 14.0. The molecule has 4 atom stereocenters. The van der Waals surface area contributed by atoms with Crippen molar-refractivity contribution in [2.75, 3.05) is 53.0 Å². The molecule has 0 aliphatic carbocycles. The zero-order valence-electron chi connectivity index (χ0n) is 52.3. The molecule has 0 saturated heterocycles. The van der Waals surface area contributed by atoms with Crippen LogP contribution in [0.3, 0.4) is 0 Å². The SMILES string of the molecule is CCOC(=O)[C@H](C)O.CCOC(=O)[C@H](C)OP(=O)(C/C(C)=C/Cc1c(OC)c(C)c2c(c1OCC[Si](C)(C)C)C(=O)OC2)Oc1ccccc1.COc1c(C)c2c(c(OCC[Si](C)(C)C)c1C/C=C(\C)CP(=O)(O)Oc1ccccc1)C(=O)OC2. The number of allylic oxidation sites excluding steroid dienone is 4. The van der Waals surface area contributed by atoms with Crippen LogP contribution in [0.2, 0.25) is 51.4 Å². The van der Waals surface area contributed by atoms with Crippen LogP contribution < -0.4 is 28.0 Å². The Bertz CT molecular complexity index is 3090. The van der Waals surface area contributed by atoms with E-state index >= 15 is 0 Å². The molecule has 19 nitrogen and oxygen atoms in total. The molecule has 0 radical (unpaired) electrons. The lowest BCUT2D eigenvalue weighted by atomic mass is 9.95. The van der Waals surface area contributed by atoms with Gasteiger partial charge in [-0.3, -0.25) is 4.52 Å². The van der Waals surface area contributed by atoms with E-state index < -0.39 is 67.4 Å². The summed E-state index contributed by atoms with van der Waals surface area (Å²) in [6.07, 6.45) is 2.15. The van der Waals surface area contributed by atoms with Crippen molar-refractivity contribution in [2.45, 2.75) is 145 Å². The molecule has 2 aliphatic rings. The number of carbonyl (C=O) groups excluding carboxylic acids is 4. The summed E-state index contributed by atoms with van der Waals surface area (Å²) in [4.78, 5) is 58.3. The van der Waals surface area contributed by atoms with Crippen LogP contribution in [0.1, 0.15) is 95.6 Å². The largest absolute Gasteiger partial charge is 0.496 e. The minimum absolute atomic E-state index is 0.0776. The van der Waals surface area contributed by atoms with Gasteiger partial charge in [0.25, 0.3) is 0 Å². The van der Waals surface area contributed by atoms with Crippen LogP contribution in [0, 0.1) is 13.8 Å². The van der Waals surface area contributed by atoms with Crippen molar-refractivity contribution >= 4 is 55.2 Å². The van der Waals surface area contributed by atoms with E-state index in [0.717, 1.165) is 39.9 Å². The maximum Gasteiger partial charge on any atom is 0.384 e. The number of aliphatic hydroxyl groups excluding tert-OH is 1. The first-order valence-corrected chi connectivity index (χ1v) is 39.2. The number of ether oxygens (including phenoxy) is 8. The summed E-state index contributed by atoms with van der Waals surface area (Å²) in [7, 11) is -7.32. The molecule has 2 aliphatic heterocycles. The van der Waals surface area contributed by atoms with Gasteiger partial charge in [0.15, 0.2) is 6.10 Å². The smallest absolute Gasteiger partial charge is 0.384 e. The molecular formula is C62H88O19P2Si2. The number of rotatable bonds is 28. The standard InChI is InChI=1S/C31H43O9PSi.C26H35O7PSi.C5H10O3/c1-9-36-30(32)23(4)39-41(34,40-24-13-11-10-12-14-24)20-21(2)15-16-25-28(35-5)22(3)26-19-38-31(33)27(26)29(25)37-17-18-42(6,7)8;1-18(17-34(28,29)33-20-10-8-7-9-11-20)12-13-21-24(30-3)19(2)22-16-32-26(27)23(22)25(21)31-14-15-35(4,5)6;1-3-8-5(7)4(2)6/h10-15,23H,9,16-20H2,1-8H3;7-12H,13-17H2,1-6H3,(H,28,29);4,6H,3H2,1-2H3/b21-15+;18-12+;/t23-,41?;;4-/m0.0/s1. The van der Waals surface area contributed by atoms with E-state index in [1.165, 1.54) is 13.8 Å². The molecule has 0 bridgehead atoms. The van der Waals surface area contributed by atoms with Gasteiger partial charge < -0.3 is 56.9 Å². The Morgan fingerprint density at radius 1 is 0.635 bits per heavy atom. The van der Waals surface area contributed by atoms with E-state index in [2.05, 4.69) is 44.0 Å². The highest BCUT2D eigenvalue weighted by atomic mass is 31.2. The highest BCUT2D eigenvalue weighted by Crippen LogP contribution is 2.52. The van der Waals surface area contributed by atoms with Crippen LogP contribution in [0.5, 0.6) is 34.5 Å². The van der Waals surface area contributed by atoms with E-state index in [1.807, 2.05) is 45.1 Å². The summed E-state index contributed by atoms with van der Waals surface area (Å²) in [5.74, 6) is 0.921. The molecule has 2 unspecified atom stereocenters. The first-order chi connectivity index (χ1) is 39.9. The average Bonchev–Trinajstić information content (AvgIpc) is 1.89. The molecule has 0 spiro atoms. The zero-order chi connectivity index (χ0) is 63.5. The number of aliphatic hydroxyl groups is 1. The van der Waals surface area contributed by atoms with Crippen molar-refractivity contribution in [3.8, 4) is 34.5 Å². The Labute approximate surface area is 503 Å². The fourth-order valence-corrected chi connectivity index (χ4v) is 13.4. The second-order valence-electron chi connectivity index (χ2n) is 22.9. The van der Waals surface area contributed by atoms with E-state index in [-0.39, 0.29) is 32.1 Å². The highest BCUT2D eigenvalue weighted by Gasteiger charge is 2.37. The summed E-state index contributed by atoms with van der Waals surface area (Å²) >= 11 is 0. The van der Waals surface area contributed by atoms with Gasteiger partial charge in [-0.25, -0.2) is 28.3 Å². The molecule has 6 rings (SSSR count). The monoisotopic (exact) mass is 1250 g/mol. The number of cyclic esters (lactones) is 2. The molecule has 468 valence electrons.